The number of aromatic nitrogens is 1. The molecule has 0 unspecified atom stereocenters. The molecule has 0 saturated carbocycles. The van der Waals surface area contributed by atoms with Crippen LogP contribution >= 0.6 is 0 Å². The molecule has 0 fully saturated rings. The molecule has 6 nitrogen and oxygen atoms in total. The van der Waals surface area contributed by atoms with Gasteiger partial charge < -0.3 is 9.47 Å². The van der Waals surface area contributed by atoms with Gasteiger partial charge in [0, 0.05) is 13.1 Å². The number of carbonyl (C=O) groups is 2. The van der Waals surface area contributed by atoms with Crippen molar-refractivity contribution in [2.45, 2.75) is 20.3 Å². The molecule has 0 spiro atoms. The molecule has 0 N–H and O–H groups in total. The Morgan fingerprint density at radius 1 is 1.29 bits per heavy atom. The van der Waals surface area contributed by atoms with Gasteiger partial charge in [0.2, 0.25) is 0 Å². The summed E-state index contributed by atoms with van der Waals surface area (Å²) in [4.78, 5) is 35.8. The zero-order chi connectivity index (χ0) is 15.6. The normalized spacial score (nSPS) is 10.4. The van der Waals surface area contributed by atoms with Crippen molar-refractivity contribution in [1.82, 2.24) is 4.40 Å². The van der Waals surface area contributed by atoms with Gasteiger partial charge in [0.05, 0.1) is 18.2 Å². The average molecular weight is 289 g/mol. The van der Waals surface area contributed by atoms with Crippen molar-refractivity contribution in [1.29, 1.82) is 0 Å². The van der Waals surface area contributed by atoms with Crippen LogP contribution in [0, 0.1) is 0 Å². The van der Waals surface area contributed by atoms with Crippen molar-refractivity contribution in [3.63, 3.8) is 0 Å². The third kappa shape index (κ3) is 2.52. The third-order valence-electron chi connectivity index (χ3n) is 3.08. The van der Waals surface area contributed by atoms with Crippen molar-refractivity contribution in [3.05, 3.63) is 45.9 Å². The number of rotatable bonds is 3. The van der Waals surface area contributed by atoms with Crippen LogP contribution in [0.3, 0.4) is 0 Å². The van der Waals surface area contributed by atoms with E-state index in [1.165, 1.54) is 18.4 Å². The van der Waals surface area contributed by atoms with Crippen LogP contribution in [0.15, 0.2) is 29.2 Å². The number of hydrogen-bond donors (Lipinski definition) is 0. The minimum Gasteiger partial charge on any atom is -0.465 e. The van der Waals surface area contributed by atoms with Gasteiger partial charge in [-0.1, -0.05) is 13.0 Å². The summed E-state index contributed by atoms with van der Waals surface area (Å²) in [6.07, 6.45) is 1.88. The van der Waals surface area contributed by atoms with E-state index in [0.29, 0.717) is 11.9 Å². The average Bonchev–Trinajstić information content (AvgIpc) is 2.47. The highest BCUT2D eigenvalue weighted by Gasteiger charge is 2.24. The van der Waals surface area contributed by atoms with Gasteiger partial charge >= 0.3 is 11.9 Å². The van der Waals surface area contributed by atoms with Crippen molar-refractivity contribution in [3.8, 4) is 5.75 Å². The number of methoxy groups -OCH3 is 1. The van der Waals surface area contributed by atoms with Crippen LogP contribution in [0.2, 0.25) is 0 Å². The minimum absolute atomic E-state index is 0.0203. The molecule has 0 aliphatic rings. The van der Waals surface area contributed by atoms with E-state index in [1.54, 1.807) is 31.3 Å². The molecule has 0 aliphatic heterocycles. The molecule has 21 heavy (non-hydrogen) atoms. The summed E-state index contributed by atoms with van der Waals surface area (Å²) in [5.41, 5.74) is 0.346. The smallest absolute Gasteiger partial charge is 0.343 e. The van der Waals surface area contributed by atoms with Gasteiger partial charge in [-0.25, -0.2) is 4.79 Å². The maximum Gasteiger partial charge on any atom is 0.343 e. The first-order valence-electron chi connectivity index (χ1n) is 6.44. The van der Waals surface area contributed by atoms with E-state index in [1.807, 2.05) is 0 Å². The van der Waals surface area contributed by atoms with Crippen LogP contribution < -0.4 is 10.3 Å². The Labute approximate surface area is 120 Å². The minimum atomic E-state index is -0.662. The summed E-state index contributed by atoms with van der Waals surface area (Å²) in [5, 5.41) is 0. The highest BCUT2D eigenvalue weighted by atomic mass is 16.5. The van der Waals surface area contributed by atoms with Gasteiger partial charge in [-0.3, -0.25) is 14.0 Å². The Hall–Kier alpha value is -2.63. The van der Waals surface area contributed by atoms with Gasteiger partial charge in [0.1, 0.15) is 5.56 Å². The van der Waals surface area contributed by atoms with Crippen LogP contribution in [0.1, 0.15) is 29.8 Å². The van der Waals surface area contributed by atoms with E-state index in [9.17, 15) is 14.4 Å². The van der Waals surface area contributed by atoms with Crippen molar-refractivity contribution >= 4 is 17.5 Å². The number of fused-ring (bicyclic) bond motifs is 1. The van der Waals surface area contributed by atoms with Crippen LogP contribution in [0.25, 0.3) is 5.52 Å². The quantitative estimate of drug-likeness (QED) is 0.802. The lowest BCUT2D eigenvalue weighted by atomic mass is 10.1. The summed E-state index contributed by atoms with van der Waals surface area (Å²) in [5.74, 6) is -1.28. The van der Waals surface area contributed by atoms with E-state index in [0.717, 1.165) is 0 Å². The largest absolute Gasteiger partial charge is 0.465 e. The lowest BCUT2D eigenvalue weighted by Crippen LogP contribution is -2.24. The maximum atomic E-state index is 12.4. The predicted octanol–water partition coefficient (Wildman–Crippen LogP) is 1.57. The SMILES string of the molecule is CCc1c(OC(C)=O)c(C(=O)OC)c2ccccn2c1=O. The molecule has 0 radical (unpaired) electrons. The number of carbonyl (C=O) groups excluding carboxylic acids is 2. The topological polar surface area (TPSA) is 74.1 Å². The van der Waals surface area contributed by atoms with E-state index in [4.69, 9.17) is 9.47 Å². The molecule has 6 heteroatoms. The van der Waals surface area contributed by atoms with Gasteiger partial charge in [-0.2, -0.15) is 0 Å². The van der Waals surface area contributed by atoms with Crippen molar-refractivity contribution < 1.29 is 19.1 Å². The summed E-state index contributed by atoms with van der Waals surface area (Å²) >= 11 is 0. The molecule has 0 atom stereocenters. The fraction of sp³-hybridized carbons (Fsp3) is 0.267. The Morgan fingerprint density at radius 2 is 2.00 bits per heavy atom. The third-order valence-corrected chi connectivity index (χ3v) is 3.08. The highest BCUT2D eigenvalue weighted by molar-refractivity contribution is 6.01. The fourth-order valence-electron chi connectivity index (χ4n) is 2.20. The summed E-state index contributed by atoms with van der Waals surface area (Å²) in [6, 6.07) is 4.96. The first kappa shape index (κ1) is 14.8. The van der Waals surface area contributed by atoms with Crippen molar-refractivity contribution in [2.75, 3.05) is 7.11 Å². The van der Waals surface area contributed by atoms with E-state index >= 15 is 0 Å². The van der Waals surface area contributed by atoms with Gasteiger partial charge in [-0.15, -0.1) is 0 Å². The standard InChI is InChI=1S/C15H15NO5/c1-4-10-13(21-9(2)17)12(15(19)20-3)11-7-5-6-8-16(11)14(10)18/h5-8H,4H2,1-3H3. The molecule has 0 aromatic carbocycles. The Bertz CT molecular complexity index is 775. The van der Waals surface area contributed by atoms with Gasteiger partial charge in [-0.05, 0) is 18.6 Å². The number of pyridine rings is 2. The Balaban J connectivity index is 2.98. The summed E-state index contributed by atoms with van der Waals surface area (Å²) in [7, 11) is 1.23. The maximum absolute atomic E-state index is 12.4. The molecule has 2 rings (SSSR count). The lowest BCUT2D eigenvalue weighted by Gasteiger charge is -2.14. The van der Waals surface area contributed by atoms with E-state index in [-0.39, 0.29) is 22.4 Å². The number of ether oxygens (including phenoxy) is 2. The molecule has 0 bridgehead atoms. The second kappa shape index (κ2) is 5.78. The first-order chi connectivity index (χ1) is 10.0. The molecule has 0 saturated heterocycles. The van der Waals surface area contributed by atoms with Crippen LogP contribution in [0.5, 0.6) is 5.75 Å². The monoisotopic (exact) mass is 289 g/mol. The molecule has 2 aromatic rings. The lowest BCUT2D eigenvalue weighted by molar-refractivity contribution is -0.131. The molecule has 0 amide bonds. The van der Waals surface area contributed by atoms with Crippen molar-refractivity contribution in [2.24, 2.45) is 0 Å². The zero-order valence-corrected chi connectivity index (χ0v) is 12.0. The Kier molecular flexibility index (Phi) is 4.07. The summed E-state index contributed by atoms with van der Waals surface area (Å²) < 4.78 is 11.2. The summed E-state index contributed by atoms with van der Waals surface area (Å²) in [6.45, 7) is 2.97. The number of nitrogens with zero attached hydrogens (tertiary/aromatic N) is 1. The molecular weight excluding hydrogens is 274 g/mol. The molecular formula is C15H15NO5. The second-order valence-corrected chi connectivity index (χ2v) is 4.38. The number of esters is 2. The highest BCUT2D eigenvalue weighted by Crippen LogP contribution is 2.27. The molecule has 0 aliphatic carbocycles. The molecule has 110 valence electrons. The van der Waals surface area contributed by atoms with Gasteiger partial charge in [0.25, 0.3) is 5.56 Å². The number of hydrogen-bond acceptors (Lipinski definition) is 5. The fourth-order valence-corrected chi connectivity index (χ4v) is 2.20. The predicted molar refractivity (Wildman–Crippen MR) is 75.7 cm³/mol. The zero-order valence-electron chi connectivity index (χ0n) is 12.0. The van der Waals surface area contributed by atoms with Crippen LogP contribution in [-0.2, 0) is 16.0 Å². The molecule has 2 heterocycles. The van der Waals surface area contributed by atoms with E-state index in [2.05, 4.69) is 0 Å². The molecule has 2 aromatic heterocycles. The van der Waals surface area contributed by atoms with Gasteiger partial charge in [0.15, 0.2) is 5.75 Å². The van der Waals surface area contributed by atoms with Crippen LogP contribution in [0.4, 0.5) is 0 Å². The van der Waals surface area contributed by atoms with Crippen LogP contribution in [-0.4, -0.2) is 23.4 Å². The Morgan fingerprint density at radius 3 is 2.57 bits per heavy atom. The van der Waals surface area contributed by atoms with E-state index < -0.39 is 11.9 Å². The first-order valence-corrected chi connectivity index (χ1v) is 6.44. The second-order valence-electron chi connectivity index (χ2n) is 4.38.